The molecule has 0 aromatic carbocycles. The largest absolute Gasteiger partial charge is 0.360 e. The Hall–Kier alpha value is -2.02. The van der Waals surface area contributed by atoms with Crippen LogP contribution in [0.3, 0.4) is 0 Å². The molecule has 0 amide bonds. The molecule has 0 radical (unpaired) electrons. The summed E-state index contributed by atoms with van der Waals surface area (Å²) < 4.78 is 0. The standard InChI is InChI=1S/C13H15N5OS/c1-2-7-18-8-15-10-11(18)16-13(17-12(10)19)20-9-5-3-4-6-14-9/h3-6,15H,2,7-8H2,1H3,(H,16,17,19). The number of hydrogen-bond acceptors (Lipinski definition) is 6. The predicted molar refractivity (Wildman–Crippen MR) is 79.3 cm³/mol. The number of pyridine rings is 1. The van der Waals surface area contributed by atoms with Gasteiger partial charge in [0.2, 0.25) is 0 Å². The van der Waals surface area contributed by atoms with Crippen molar-refractivity contribution in [1.29, 1.82) is 0 Å². The molecule has 1 aliphatic heterocycles. The first-order chi connectivity index (χ1) is 9.78. The summed E-state index contributed by atoms with van der Waals surface area (Å²) in [5.41, 5.74) is 0.427. The number of nitrogens with zero attached hydrogens (tertiary/aromatic N) is 3. The van der Waals surface area contributed by atoms with Gasteiger partial charge >= 0.3 is 0 Å². The fourth-order valence-electron chi connectivity index (χ4n) is 2.09. The molecule has 0 unspecified atom stereocenters. The van der Waals surface area contributed by atoms with Crippen LogP contribution < -0.4 is 15.8 Å². The van der Waals surface area contributed by atoms with Gasteiger partial charge in [0.1, 0.15) is 10.7 Å². The highest BCUT2D eigenvalue weighted by atomic mass is 32.2. The molecule has 0 fully saturated rings. The van der Waals surface area contributed by atoms with Crippen LogP contribution in [0.4, 0.5) is 11.5 Å². The Kier molecular flexibility index (Phi) is 3.60. The van der Waals surface area contributed by atoms with Gasteiger partial charge in [-0.15, -0.1) is 0 Å². The summed E-state index contributed by atoms with van der Waals surface area (Å²) in [7, 11) is 0. The lowest BCUT2D eigenvalue weighted by atomic mass is 10.4. The lowest BCUT2D eigenvalue weighted by Crippen LogP contribution is -2.24. The van der Waals surface area contributed by atoms with Gasteiger partial charge in [0.25, 0.3) is 5.56 Å². The van der Waals surface area contributed by atoms with E-state index in [1.807, 2.05) is 18.2 Å². The molecule has 0 bridgehead atoms. The zero-order valence-electron chi connectivity index (χ0n) is 11.1. The minimum absolute atomic E-state index is 0.132. The fraction of sp³-hybridized carbons (Fsp3) is 0.308. The number of H-pyrrole nitrogens is 1. The number of aromatic amines is 1. The maximum Gasteiger partial charge on any atom is 0.277 e. The third kappa shape index (κ3) is 2.49. The van der Waals surface area contributed by atoms with Crippen LogP contribution in [0.5, 0.6) is 0 Å². The predicted octanol–water partition coefficient (Wildman–Crippen LogP) is 1.92. The van der Waals surface area contributed by atoms with Crippen molar-refractivity contribution in [3.8, 4) is 0 Å². The minimum atomic E-state index is -0.132. The third-order valence-electron chi connectivity index (χ3n) is 2.96. The maximum absolute atomic E-state index is 12.1. The molecule has 0 aliphatic carbocycles. The topological polar surface area (TPSA) is 73.9 Å². The van der Waals surface area contributed by atoms with E-state index in [1.54, 1.807) is 6.20 Å². The molecule has 7 heteroatoms. The van der Waals surface area contributed by atoms with Crippen LogP contribution in [-0.4, -0.2) is 28.2 Å². The van der Waals surface area contributed by atoms with E-state index in [2.05, 4.69) is 32.1 Å². The molecule has 0 saturated carbocycles. The van der Waals surface area contributed by atoms with Crippen molar-refractivity contribution in [2.24, 2.45) is 0 Å². The molecule has 3 heterocycles. The summed E-state index contributed by atoms with van der Waals surface area (Å²) in [5, 5.41) is 4.46. The summed E-state index contributed by atoms with van der Waals surface area (Å²) in [6.07, 6.45) is 2.73. The Morgan fingerprint density at radius 2 is 2.35 bits per heavy atom. The lowest BCUT2D eigenvalue weighted by molar-refractivity contribution is 0.797. The third-order valence-corrected chi connectivity index (χ3v) is 3.79. The molecule has 1 aliphatic rings. The number of fused-ring (bicyclic) bond motifs is 1. The lowest BCUT2D eigenvalue weighted by Gasteiger charge is -2.15. The molecular formula is C13H15N5OS. The second-order valence-electron chi connectivity index (χ2n) is 4.44. The second kappa shape index (κ2) is 5.54. The Labute approximate surface area is 120 Å². The number of nitrogens with one attached hydrogen (secondary N) is 2. The first kappa shape index (κ1) is 13.0. The molecule has 0 atom stereocenters. The quantitative estimate of drug-likeness (QED) is 0.838. The van der Waals surface area contributed by atoms with Crippen molar-refractivity contribution < 1.29 is 0 Å². The van der Waals surface area contributed by atoms with E-state index in [4.69, 9.17) is 0 Å². The normalized spacial score (nSPS) is 13.2. The number of rotatable bonds is 4. The smallest absolute Gasteiger partial charge is 0.277 e. The van der Waals surface area contributed by atoms with Gasteiger partial charge < -0.3 is 10.2 Å². The van der Waals surface area contributed by atoms with Gasteiger partial charge in [-0.05, 0) is 30.3 Å². The van der Waals surface area contributed by atoms with Crippen LogP contribution in [0, 0.1) is 0 Å². The van der Waals surface area contributed by atoms with Crippen molar-refractivity contribution in [3.63, 3.8) is 0 Å². The molecule has 20 heavy (non-hydrogen) atoms. The van der Waals surface area contributed by atoms with Crippen molar-refractivity contribution in [3.05, 3.63) is 34.7 Å². The van der Waals surface area contributed by atoms with Crippen molar-refractivity contribution >= 4 is 23.3 Å². The monoisotopic (exact) mass is 289 g/mol. The van der Waals surface area contributed by atoms with Crippen molar-refractivity contribution in [2.45, 2.75) is 23.5 Å². The van der Waals surface area contributed by atoms with Gasteiger partial charge in [0, 0.05) is 12.7 Å². The summed E-state index contributed by atoms with van der Waals surface area (Å²) in [4.78, 5) is 25.7. The summed E-state index contributed by atoms with van der Waals surface area (Å²) >= 11 is 1.36. The van der Waals surface area contributed by atoms with E-state index in [1.165, 1.54) is 11.8 Å². The van der Waals surface area contributed by atoms with Crippen LogP contribution >= 0.6 is 11.8 Å². The average Bonchev–Trinajstić information content (AvgIpc) is 2.84. The van der Waals surface area contributed by atoms with Crippen LogP contribution in [0.15, 0.2) is 39.4 Å². The van der Waals surface area contributed by atoms with Crippen LogP contribution in [0.2, 0.25) is 0 Å². The Balaban J connectivity index is 1.92. The van der Waals surface area contributed by atoms with Gasteiger partial charge in [0.05, 0.1) is 6.67 Å². The molecule has 0 spiro atoms. The van der Waals surface area contributed by atoms with E-state index in [0.29, 0.717) is 17.5 Å². The zero-order valence-corrected chi connectivity index (χ0v) is 11.9. The Morgan fingerprint density at radius 1 is 1.45 bits per heavy atom. The molecule has 6 nitrogen and oxygen atoms in total. The van der Waals surface area contributed by atoms with Gasteiger partial charge in [-0.2, -0.15) is 0 Å². The van der Waals surface area contributed by atoms with Gasteiger partial charge in [-0.25, -0.2) is 9.97 Å². The van der Waals surface area contributed by atoms with Crippen LogP contribution in [0.25, 0.3) is 0 Å². The SMILES string of the molecule is CCCN1CNc2c1nc(Sc1ccccn1)[nH]c2=O. The summed E-state index contributed by atoms with van der Waals surface area (Å²) in [6, 6.07) is 5.65. The van der Waals surface area contributed by atoms with E-state index in [-0.39, 0.29) is 5.56 Å². The molecule has 0 saturated heterocycles. The zero-order chi connectivity index (χ0) is 13.9. The number of anilines is 2. The highest BCUT2D eigenvalue weighted by Gasteiger charge is 2.23. The maximum atomic E-state index is 12.1. The van der Waals surface area contributed by atoms with E-state index in [0.717, 1.165) is 23.8 Å². The molecule has 2 aromatic heterocycles. The highest BCUT2D eigenvalue weighted by Crippen LogP contribution is 2.29. The first-order valence-corrected chi connectivity index (χ1v) is 7.31. The van der Waals surface area contributed by atoms with Crippen molar-refractivity contribution in [1.82, 2.24) is 15.0 Å². The molecule has 104 valence electrons. The van der Waals surface area contributed by atoms with Gasteiger partial charge in [-0.3, -0.25) is 9.78 Å². The molecule has 2 aromatic rings. The first-order valence-electron chi connectivity index (χ1n) is 6.50. The van der Waals surface area contributed by atoms with Crippen molar-refractivity contribution in [2.75, 3.05) is 23.4 Å². The fourth-order valence-corrected chi connectivity index (χ4v) is 2.82. The summed E-state index contributed by atoms with van der Waals surface area (Å²) in [6.45, 7) is 3.62. The van der Waals surface area contributed by atoms with E-state index < -0.39 is 0 Å². The average molecular weight is 289 g/mol. The second-order valence-corrected chi connectivity index (χ2v) is 5.45. The minimum Gasteiger partial charge on any atom is -0.360 e. The molecule has 3 rings (SSSR count). The van der Waals surface area contributed by atoms with Crippen LogP contribution in [0.1, 0.15) is 13.3 Å². The highest BCUT2D eigenvalue weighted by molar-refractivity contribution is 7.99. The Morgan fingerprint density at radius 3 is 3.10 bits per heavy atom. The number of hydrogen-bond donors (Lipinski definition) is 2. The summed E-state index contributed by atoms with van der Waals surface area (Å²) in [5.74, 6) is 0.731. The molecular weight excluding hydrogens is 274 g/mol. The molecule has 2 N–H and O–H groups in total. The van der Waals surface area contributed by atoms with Gasteiger partial charge in [0.15, 0.2) is 11.0 Å². The Bertz CT molecular complexity index is 658. The van der Waals surface area contributed by atoms with E-state index in [9.17, 15) is 4.79 Å². The number of aromatic nitrogens is 3. The van der Waals surface area contributed by atoms with Crippen LogP contribution in [-0.2, 0) is 0 Å². The van der Waals surface area contributed by atoms with E-state index >= 15 is 0 Å². The van der Waals surface area contributed by atoms with Gasteiger partial charge in [-0.1, -0.05) is 13.0 Å².